The molecule has 0 aromatic heterocycles. The fraction of sp³-hybridized carbons (Fsp3) is 0.357. The van der Waals surface area contributed by atoms with Crippen molar-refractivity contribution in [2.75, 3.05) is 10.6 Å². The summed E-state index contributed by atoms with van der Waals surface area (Å²) in [7, 11) is 0. The lowest BCUT2D eigenvalue weighted by atomic mass is 10.1. The topological polar surface area (TPSA) is 95.5 Å². The second-order valence-corrected chi connectivity index (χ2v) is 4.99. The highest BCUT2D eigenvalue weighted by atomic mass is 16.4. The Morgan fingerprint density at radius 1 is 1.20 bits per heavy atom. The van der Waals surface area contributed by atoms with Crippen LogP contribution in [0.15, 0.2) is 18.2 Å². The van der Waals surface area contributed by atoms with Crippen molar-refractivity contribution in [1.82, 2.24) is 0 Å². The summed E-state index contributed by atoms with van der Waals surface area (Å²) in [6.45, 7) is 3.24. The molecular formula is C14H16N2O4. The zero-order valence-electron chi connectivity index (χ0n) is 11.3. The number of nitrogens with one attached hydrogen (secondary N) is 2. The Morgan fingerprint density at radius 2 is 1.90 bits per heavy atom. The third kappa shape index (κ3) is 3.14. The number of carbonyl (C=O) groups is 3. The monoisotopic (exact) mass is 276 g/mol. The molecule has 2 atom stereocenters. The molecule has 2 amide bonds. The lowest BCUT2D eigenvalue weighted by Gasteiger charge is -2.10. The van der Waals surface area contributed by atoms with Crippen molar-refractivity contribution in [2.24, 2.45) is 11.8 Å². The Bertz CT molecular complexity index is 583. The molecule has 20 heavy (non-hydrogen) atoms. The molecule has 0 unspecified atom stereocenters. The van der Waals surface area contributed by atoms with Crippen LogP contribution in [0.2, 0.25) is 0 Å². The highest BCUT2D eigenvalue weighted by Crippen LogP contribution is 2.39. The molecule has 3 N–H and O–H groups in total. The van der Waals surface area contributed by atoms with Gasteiger partial charge in [0.15, 0.2) is 0 Å². The minimum atomic E-state index is -0.928. The summed E-state index contributed by atoms with van der Waals surface area (Å²) in [4.78, 5) is 33.5. The van der Waals surface area contributed by atoms with Gasteiger partial charge in [0.05, 0.1) is 11.8 Å². The second kappa shape index (κ2) is 5.32. The molecule has 2 rings (SSSR count). The van der Waals surface area contributed by atoms with E-state index in [2.05, 4.69) is 10.6 Å². The predicted molar refractivity (Wildman–Crippen MR) is 73.3 cm³/mol. The maximum Gasteiger partial charge on any atom is 0.307 e. The molecule has 1 fully saturated rings. The first-order valence-electron chi connectivity index (χ1n) is 6.30. The Morgan fingerprint density at radius 3 is 2.40 bits per heavy atom. The predicted octanol–water partition coefficient (Wildman–Crippen LogP) is 1.61. The zero-order valence-corrected chi connectivity index (χ0v) is 11.3. The van der Waals surface area contributed by atoms with Gasteiger partial charge in [-0.3, -0.25) is 14.4 Å². The van der Waals surface area contributed by atoms with Gasteiger partial charge in [-0.05, 0) is 37.1 Å². The number of benzene rings is 1. The summed E-state index contributed by atoms with van der Waals surface area (Å²) in [5.74, 6) is -2.36. The number of amides is 2. The number of anilines is 2. The number of hydrogen-bond acceptors (Lipinski definition) is 3. The van der Waals surface area contributed by atoms with Gasteiger partial charge < -0.3 is 15.7 Å². The van der Waals surface area contributed by atoms with Gasteiger partial charge in [-0.2, -0.15) is 0 Å². The highest BCUT2D eigenvalue weighted by molar-refractivity contribution is 5.98. The maximum atomic E-state index is 11.8. The van der Waals surface area contributed by atoms with Crippen LogP contribution in [-0.4, -0.2) is 22.9 Å². The van der Waals surface area contributed by atoms with Gasteiger partial charge in [-0.1, -0.05) is 0 Å². The summed E-state index contributed by atoms with van der Waals surface area (Å²) in [5.41, 5.74) is 2.10. The average Bonchev–Trinajstić information content (AvgIpc) is 3.12. The molecular weight excluding hydrogens is 260 g/mol. The standard InChI is InChI=1S/C14H16N2O4/c1-7-5-9(3-4-12(7)15-8(2)17)16-13(18)10-6-11(10)14(19)20/h3-5,10-11H,6H2,1-2H3,(H,15,17)(H,16,18)(H,19,20)/t10-,11+/m1/s1. The largest absolute Gasteiger partial charge is 0.481 e. The maximum absolute atomic E-state index is 11.8. The number of carboxylic acid groups (broad SMARTS) is 1. The molecule has 0 aliphatic heterocycles. The van der Waals surface area contributed by atoms with Crippen LogP contribution in [0.25, 0.3) is 0 Å². The molecule has 0 spiro atoms. The minimum absolute atomic E-state index is 0.160. The van der Waals surface area contributed by atoms with Gasteiger partial charge in [-0.25, -0.2) is 0 Å². The van der Waals surface area contributed by atoms with Gasteiger partial charge in [0.1, 0.15) is 0 Å². The molecule has 1 aromatic rings. The van der Waals surface area contributed by atoms with E-state index >= 15 is 0 Å². The normalized spacial score (nSPS) is 20.1. The van der Waals surface area contributed by atoms with E-state index in [4.69, 9.17) is 5.11 Å². The summed E-state index contributed by atoms with van der Waals surface area (Å²) < 4.78 is 0. The van der Waals surface area contributed by atoms with Gasteiger partial charge in [-0.15, -0.1) is 0 Å². The van der Waals surface area contributed by atoms with Crippen molar-refractivity contribution in [1.29, 1.82) is 0 Å². The third-order valence-corrected chi connectivity index (χ3v) is 3.25. The van der Waals surface area contributed by atoms with Crippen LogP contribution in [0.1, 0.15) is 18.9 Å². The number of hydrogen-bond donors (Lipinski definition) is 3. The molecule has 6 heteroatoms. The first kappa shape index (κ1) is 14.0. The first-order chi connectivity index (χ1) is 9.38. The molecule has 1 aromatic carbocycles. The number of aryl methyl sites for hydroxylation is 1. The summed E-state index contributed by atoms with van der Waals surface area (Å²) >= 11 is 0. The van der Waals surface area contributed by atoms with Crippen LogP contribution in [-0.2, 0) is 14.4 Å². The fourth-order valence-electron chi connectivity index (χ4n) is 2.06. The van der Waals surface area contributed by atoms with Crippen molar-refractivity contribution in [3.8, 4) is 0 Å². The van der Waals surface area contributed by atoms with Crippen LogP contribution in [0.3, 0.4) is 0 Å². The Hall–Kier alpha value is -2.37. The molecule has 0 radical (unpaired) electrons. The van der Waals surface area contributed by atoms with E-state index in [1.807, 2.05) is 6.92 Å². The number of carbonyl (C=O) groups excluding carboxylic acids is 2. The third-order valence-electron chi connectivity index (χ3n) is 3.25. The molecule has 1 aliphatic rings. The molecule has 6 nitrogen and oxygen atoms in total. The van der Waals surface area contributed by atoms with Crippen molar-refractivity contribution < 1.29 is 19.5 Å². The molecule has 106 valence electrons. The van der Waals surface area contributed by atoms with E-state index in [0.717, 1.165) is 5.56 Å². The van der Waals surface area contributed by atoms with E-state index in [1.54, 1.807) is 18.2 Å². The quantitative estimate of drug-likeness (QED) is 0.778. The van der Waals surface area contributed by atoms with E-state index < -0.39 is 17.8 Å². The lowest BCUT2D eigenvalue weighted by Crippen LogP contribution is -2.17. The van der Waals surface area contributed by atoms with Gasteiger partial charge in [0.2, 0.25) is 11.8 Å². The van der Waals surface area contributed by atoms with Crippen molar-refractivity contribution in [2.45, 2.75) is 20.3 Å². The summed E-state index contributed by atoms with van der Waals surface area (Å²) in [6, 6.07) is 5.11. The molecule has 0 saturated heterocycles. The Kier molecular flexibility index (Phi) is 3.74. The fourth-order valence-corrected chi connectivity index (χ4v) is 2.06. The average molecular weight is 276 g/mol. The highest BCUT2D eigenvalue weighted by Gasteiger charge is 2.48. The molecule has 1 saturated carbocycles. The van der Waals surface area contributed by atoms with E-state index in [9.17, 15) is 14.4 Å². The van der Waals surface area contributed by atoms with Crippen LogP contribution >= 0.6 is 0 Å². The van der Waals surface area contributed by atoms with Crippen molar-refractivity contribution in [3.63, 3.8) is 0 Å². The van der Waals surface area contributed by atoms with Gasteiger partial charge >= 0.3 is 5.97 Å². The van der Waals surface area contributed by atoms with Gasteiger partial charge in [0, 0.05) is 18.3 Å². The number of carboxylic acids is 1. The van der Waals surface area contributed by atoms with Crippen molar-refractivity contribution in [3.05, 3.63) is 23.8 Å². The Labute approximate surface area is 116 Å². The van der Waals surface area contributed by atoms with E-state index in [1.165, 1.54) is 6.92 Å². The molecule has 0 bridgehead atoms. The lowest BCUT2D eigenvalue weighted by molar-refractivity contribution is -0.139. The molecule has 1 aliphatic carbocycles. The number of aliphatic carboxylic acids is 1. The summed E-state index contributed by atoms with van der Waals surface area (Å²) in [6.07, 6.45) is 0.393. The van der Waals surface area contributed by atoms with E-state index in [-0.39, 0.29) is 11.8 Å². The van der Waals surface area contributed by atoms with E-state index in [0.29, 0.717) is 17.8 Å². The molecule has 0 heterocycles. The van der Waals surface area contributed by atoms with Crippen LogP contribution in [0, 0.1) is 18.8 Å². The summed E-state index contributed by atoms with van der Waals surface area (Å²) in [5, 5.41) is 14.2. The zero-order chi connectivity index (χ0) is 14.9. The van der Waals surface area contributed by atoms with Gasteiger partial charge in [0.25, 0.3) is 0 Å². The van der Waals surface area contributed by atoms with Crippen LogP contribution < -0.4 is 10.6 Å². The number of rotatable bonds is 4. The minimum Gasteiger partial charge on any atom is -0.481 e. The van der Waals surface area contributed by atoms with Crippen LogP contribution in [0.5, 0.6) is 0 Å². The smallest absolute Gasteiger partial charge is 0.307 e. The van der Waals surface area contributed by atoms with Crippen molar-refractivity contribution >= 4 is 29.2 Å². The Balaban J connectivity index is 2.00. The SMILES string of the molecule is CC(=O)Nc1ccc(NC(=O)[C@@H]2C[C@@H]2C(=O)O)cc1C. The first-order valence-corrected chi connectivity index (χ1v) is 6.30. The second-order valence-electron chi connectivity index (χ2n) is 4.99. The van der Waals surface area contributed by atoms with Crippen LogP contribution in [0.4, 0.5) is 11.4 Å².